The lowest BCUT2D eigenvalue weighted by atomic mass is 10.2. The van der Waals surface area contributed by atoms with Crippen LogP contribution >= 0.6 is 11.6 Å². The number of anilines is 1. The van der Waals surface area contributed by atoms with Crippen molar-refractivity contribution in [2.24, 2.45) is 0 Å². The molecule has 1 N–H and O–H groups in total. The van der Waals surface area contributed by atoms with Gasteiger partial charge >= 0.3 is 0 Å². The van der Waals surface area contributed by atoms with Crippen LogP contribution in [0.2, 0.25) is 5.15 Å². The van der Waals surface area contributed by atoms with Gasteiger partial charge in [0, 0.05) is 17.4 Å². The first-order valence-corrected chi connectivity index (χ1v) is 7.96. The second-order valence-electron chi connectivity index (χ2n) is 5.36. The Morgan fingerprint density at radius 1 is 1.04 bits per heavy atom. The Morgan fingerprint density at radius 3 is 2.76 bits per heavy atom. The van der Waals surface area contributed by atoms with E-state index in [4.69, 9.17) is 16.0 Å². The van der Waals surface area contributed by atoms with Gasteiger partial charge in [0.25, 0.3) is 5.91 Å². The smallest absolute Gasteiger partial charge is 0.258 e. The molecule has 5 nitrogen and oxygen atoms in total. The van der Waals surface area contributed by atoms with Gasteiger partial charge in [0.05, 0.1) is 5.56 Å². The molecule has 0 aliphatic heterocycles. The summed E-state index contributed by atoms with van der Waals surface area (Å²) in [7, 11) is 0. The molecule has 0 atom stereocenters. The monoisotopic (exact) mass is 349 g/mol. The summed E-state index contributed by atoms with van der Waals surface area (Å²) < 4.78 is 5.76. The number of amides is 1. The van der Waals surface area contributed by atoms with E-state index in [0.29, 0.717) is 22.7 Å². The SMILES string of the molecule is O=C(Nc1cccc(-c2nc3ccccc3o2)c1)c1cccnc1Cl. The maximum Gasteiger partial charge on any atom is 0.258 e. The second kappa shape index (κ2) is 6.37. The molecule has 0 spiro atoms. The highest BCUT2D eigenvalue weighted by atomic mass is 35.5. The van der Waals surface area contributed by atoms with E-state index in [-0.39, 0.29) is 11.1 Å². The average Bonchev–Trinajstić information content (AvgIpc) is 3.06. The lowest BCUT2D eigenvalue weighted by molar-refractivity contribution is 0.102. The third-order valence-corrected chi connectivity index (χ3v) is 3.97. The van der Waals surface area contributed by atoms with Crippen LogP contribution in [0.15, 0.2) is 71.3 Å². The molecule has 1 amide bonds. The van der Waals surface area contributed by atoms with E-state index < -0.39 is 0 Å². The number of carbonyl (C=O) groups excluding carboxylic acids is 1. The van der Waals surface area contributed by atoms with Gasteiger partial charge < -0.3 is 9.73 Å². The Kier molecular flexibility index (Phi) is 3.91. The fourth-order valence-electron chi connectivity index (χ4n) is 2.48. The minimum atomic E-state index is -0.326. The van der Waals surface area contributed by atoms with Crippen molar-refractivity contribution >= 4 is 34.3 Å². The predicted molar refractivity (Wildman–Crippen MR) is 96.6 cm³/mol. The standard InChI is InChI=1S/C19H12ClN3O2/c20-17-14(7-4-10-21-17)18(24)22-13-6-3-5-12(11-13)19-23-15-8-1-2-9-16(15)25-19/h1-11H,(H,22,24). The number of nitrogens with zero attached hydrogens (tertiary/aromatic N) is 2. The topological polar surface area (TPSA) is 68.0 Å². The molecule has 0 saturated heterocycles. The summed E-state index contributed by atoms with van der Waals surface area (Å²) in [6, 6.07) is 18.1. The number of para-hydroxylation sites is 2. The van der Waals surface area contributed by atoms with E-state index in [0.717, 1.165) is 11.1 Å². The number of rotatable bonds is 3. The summed E-state index contributed by atoms with van der Waals surface area (Å²) in [5, 5.41) is 2.97. The van der Waals surface area contributed by atoms with Gasteiger partial charge in [0.2, 0.25) is 5.89 Å². The number of halogens is 1. The molecule has 0 aliphatic carbocycles. The average molecular weight is 350 g/mol. The highest BCUT2D eigenvalue weighted by Gasteiger charge is 2.12. The van der Waals surface area contributed by atoms with Gasteiger partial charge in [-0.05, 0) is 42.5 Å². The zero-order valence-electron chi connectivity index (χ0n) is 12.9. The van der Waals surface area contributed by atoms with E-state index in [9.17, 15) is 4.79 Å². The van der Waals surface area contributed by atoms with Crippen LogP contribution in [-0.2, 0) is 0 Å². The summed E-state index contributed by atoms with van der Waals surface area (Å²) in [4.78, 5) is 20.7. The van der Waals surface area contributed by atoms with Gasteiger partial charge in [0.1, 0.15) is 10.7 Å². The molecule has 0 radical (unpaired) electrons. The number of nitrogens with one attached hydrogen (secondary N) is 1. The van der Waals surface area contributed by atoms with Crippen LogP contribution < -0.4 is 5.32 Å². The zero-order chi connectivity index (χ0) is 17.2. The van der Waals surface area contributed by atoms with Gasteiger partial charge in [-0.3, -0.25) is 4.79 Å². The summed E-state index contributed by atoms with van der Waals surface area (Å²) in [6.45, 7) is 0. The van der Waals surface area contributed by atoms with Crippen molar-refractivity contribution in [2.45, 2.75) is 0 Å². The van der Waals surface area contributed by atoms with Gasteiger partial charge in [-0.2, -0.15) is 0 Å². The Morgan fingerprint density at radius 2 is 1.92 bits per heavy atom. The number of hydrogen-bond donors (Lipinski definition) is 1. The summed E-state index contributed by atoms with van der Waals surface area (Å²) in [5.74, 6) is 0.171. The fourth-order valence-corrected chi connectivity index (χ4v) is 2.68. The van der Waals surface area contributed by atoms with Crippen molar-refractivity contribution < 1.29 is 9.21 Å². The van der Waals surface area contributed by atoms with Crippen LogP contribution in [0.1, 0.15) is 10.4 Å². The Bertz CT molecular complexity index is 1040. The Hall–Kier alpha value is -3.18. The molecule has 0 saturated carbocycles. The quantitative estimate of drug-likeness (QED) is 0.540. The number of fused-ring (bicyclic) bond motifs is 1. The molecule has 0 fully saturated rings. The summed E-state index contributed by atoms with van der Waals surface area (Å²) in [6.07, 6.45) is 1.53. The number of pyridine rings is 1. The summed E-state index contributed by atoms with van der Waals surface area (Å²) in [5.41, 5.74) is 3.20. The molecule has 2 aromatic carbocycles. The molecule has 6 heteroatoms. The molecular weight excluding hydrogens is 338 g/mol. The third kappa shape index (κ3) is 3.09. The number of aromatic nitrogens is 2. The second-order valence-corrected chi connectivity index (χ2v) is 5.72. The number of oxazole rings is 1. The molecule has 0 aliphatic rings. The molecule has 2 aromatic heterocycles. The highest BCUT2D eigenvalue weighted by Crippen LogP contribution is 2.26. The van der Waals surface area contributed by atoms with Gasteiger partial charge in [-0.1, -0.05) is 29.8 Å². The van der Waals surface area contributed by atoms with Crippen molar-refractivity contribution in [1.29, 1.82) is 0 Å². The van der Waals surface area contributed by atoms with Crippen molar-refractivity contribution in [3.05, 3.63) is 77.6 Å². The first-order valence-electron chi connectivity index (χ1n) is 7.58. The van der Waals surface area contributed by atoms with E-state index >= 15 is 0 Å². The van der Waals surface area contributed by atoms with Crippen molar-refractivity contribution in [3.8, 4) is 11.5 Å². The highest BCUT2D eigenvalue weighted by molar-refractivity contribution is 6.33. The lowest BCUT2D eigenvalue weighted by Crippen LogP contribution is -2.12. The third-order valence-electron chi connectivity index (χ3n) is 3.66. The normalized spacial score (nSPS) is 10.8. The molecule has 0 bridgehead atoms. The molecule has 122 valence electrons. The van der Waals surface area contributed by atoms with Crippen molar-refractivity contribution in [1.82, 2.24) is 9.97 Å². The lowest BCUT2D eigenvalue weighted by Gasteiger charge is -2.07. The van der Waals surface area contributed by atoms with Gasteiger partial charge in [0.15, 0.2) is 5.58 Å². The fraction of sp³-hybridized carbons (Fsp3) is 0. The Balaban J connectivity index is 1.63. The minimum Gasteiger partial charge on any atom is -0.436 e. The van der Waals surface area contributed by atoms with Gasteiger partial charge in [-0.15, -0.1) is 0 Å². The van der Waals surface area contributed by atoms with E-state index in [1.165, 1.54) is 6.20 Å². The molecule has 25 heavy (non-hydrogen) atoms. The van der Waals surface area contributed by atoms with E-state index in [2.05, 4.69) is 15.3 Å². The van der Waals surface area contributed by atoms with Crippen LogP contribution in [0.5, 0.6) is 0 Å². The van der Waals surface area contributed by atoms with Crippen LogP contribution in [-0.4, -0.2) is 15.9 Å². The molecule has 2 heterocycles. The molecule has 4 rings (SSSR count). The molecule has 4 aromatic rings. The Labute approximate surface area is 148 Å². The van der Waals surface area contributed by atoms with Gasteiger partial charge in [-0.25, -0.2) is 9.97 Å². The van der Waals surface area contributed by atoms with E-state index in [1.807, 2.05) is 36.4 Å². The largest absolute Gasteiger partial charge is 0.436 e. The van der Waals surface area contributed by atoms with Crippen molar-refractivity contribution in [2.75, 3.05) is 5.32 Å². The number of hydrogen-bond acceptors (Lipinski definition) is 4. The number of carbonyl (C=O) groups is 1. The van der Waals surface area contributed by atoms with Crippen LogP contribution in [0, 0.1) is 0 Å². The van der Waals surface area contributed by atoms with Crippen LogP contribution in [0.3, 0.4) is 0 Å². The summed E-state index contributed by atoms with van der Waals surface area (Å²) >= 11 is 5.96. The predicted octanol–water partition coefficient (Wildman–Crippen LogP) is 4.80. The van der Waals surface area contributed by atoms with Crippen LogP contribution in [0.25, 0.3) is 22.6 Å². The molecule has 0 unspecified atom stereocenters. The van der Waals surface area contributed by atoms with E-state index in [1.54, 1.807) is 24.3 Å². The number of benzene rings is 2. The molecular formula is C19H12ClN3O2. The minimum absolute atomic E-state index is 0.162. The first-order chi connectivity index (χ1) is 12.2. The first kappa shape index (κ1) is 15.4. The maximum absolute atomic E-state index is 12.3. The van der Waals surface area contributed by atoms with Crippen LogP contribution in [0.4, 0.5) is 5.69 Å². The van der Waals surface area contributed by atoms with Crippen molar-refractivity contribution in [3.63, 3.8) is 0 Å². The maximum atomic E-state index is 12.3. The zero-order valence-corrected chi connectivity index (χ0v) is 13.7.